The molecule has 3 aliphatic rings. The molecule has 40 heavy (non-hydrogen) atoms. The lowest BCUT2D eigenvalue weighted by atomic mass is 9.73. The summed E-state index contributed by atoms with van der Waals surface area (Å²) in [5, 5.41) is 3.62. The van der Waals surface area contributed by atoms with E-state index in [0.717, 1.165) is 34.6 Å². The molecule has 0 radical (unpaired) electrons. The second-order valence-corrected chi connectivity index (χ2v) is 13.4. The van der Waals surface area contributed by atoms with E-state index in [-0.39, 0.29) is 40.9 Å². The molecule has 0 saturated carbocycles. The molecule has 3 N–H and O–H groups in total. The lowest BCUT2D eigenvalue weighted by Gasteiger charge is -2.39. The van der Waals surface area contributed by atoms with Crippen molar-refractivity contribution in [2.75, 3.05) is 29.9 Å². The number of benzene rings is 2. The van der Waals surface area contributed by atoms with E-state index in [1.165, 1.54) is 5.56 Å². The van der Waals surface area contributed by atoms with Crippen molar-refractivity contribution in [3.05, 3.63) is 70.9 Å². The van der Waals surface area contributed by atoms with Gasteiger partial charge in [0.05, 0.1) is 24.0 Å². The van der Waals surface area contributed by atoms with Gasteiger partial charge in [0.2, 0.25) is 11.8 Å². The maximum atomic E-state index is 13.9. The molecule has 2 amide bonds. The highest BCUT2D eigenvalue weighted by atomic mass is 16.2. The number of nitrogens with zero attached hydrogens (tertiary/aromatic N) is 2. The second-order valence-electron chi connectivity index (χ2n) is 13.4. The van der Waals surface area contributed by atoms with Gasteiger partial charge in [-0.2, -0.15) is 0 Å². The lowest BCUT2D eigenvalue weighted by Crippen LogP contribution is -2.47. The summed E-state index contributed by atoms with van der Waals surface area (Å²) in [6, 6.07) is 16.1. The molecule has 2 heterocycles. The molecule has 1 atom stereocenters. The summed E-state index contributed by atoms with van der Waals surface area (Å²) in [6.07, 6.45) is 2.38. The normalized spacial score (nSPS) is 21.3. The first-order chi connectivity index (χ1) is 18.8. The van der Waals surface area contributed by atoms with E-state index in [2.05, 4.69) is 69.1 Å². The van der Waals surface area contributed by atoms with Gasteiger partial charge < -0.3 is 20.9 Å². The number of amides is 2. The van der Waals surface area contributed by atoms with Crippen molar-refractivity contribution in [1.82, 2.24) is 4.90 Å². The standard InChI is InChI=1S/C33H42N4O3/c1-32(2,3)23-12-10-21(11-13-23)30-29-25(18-33(4,5)19-27(29)38)35-24-8-6-7-9-26(24)37(30)20-28(39)36-16-14-22(15-17-36)31(34)40/h6-13,22,30,35H,14-20H2,1-5H3,(H2,34,40). The monoisotopic (exact) mass is 542 g/mol. The maximum Gasteiger partial charge on any atom is 0.242 e. The van der Waals surface area contributed by atoms with Crippen molar-refractivity contribution in [1.29, 1.82) is 0 Å². The van der Waals surface area contributed by atoms with E-state index in [9.17, 15) is 14.4 Å². The molecular formula is C33H42N4O3. The number of nitrogens with two attached hydrogens (primary N) is 1. The summed E-state index contributed by atoms with van der Waals surface area (Å²) in [7, 11) is 0. The average molecular weight is 543 g/mol. The largest absolute Gasteiger partial charge is 0.369 e. The molecule has 1 fully saturated rings. The highest BCUT2D eigenvalue weighted by molar-refractivity contribution is 6.02. The number of para-hydroxylation sites is 2. The molecule has 0 spiro atoms. The highest BCUT2D eigenvalue weighted by Gasteiger charge is 2.42. The van der Waals surface area contributed by atoms with Crippen LogP contribution in [0.3, 0.4) is 0 Å². The first-order valence-electron chi connectivity index (χ1n) is 14.4. The number of anilines is 2. The summed E-state index contributed by atoms with van der Waals surface area (Å²) < 4.78 is 0. The predicted molar refractivity (Wildman–Crippen MR) is 159 cm³/mol. The summed E-state index contributed by atoms with van der Waals surface area (Å²) >= 11 is 0. The average Bonchev–Trinajstić information content (AvgIpc) is 3.02. The molecule has 2 aromatic carbocycles. The zero-order valence-corrected chi connectivity index (χ0v) is 24.4. The number of hydrogen-bond donors (Lipinski definition) is 2. The van der Waals surface area contributed by atoms with Crippen LogP contribution in [0.15, 0.2) is 59.8 Å². The number of primary amides is 1. The Morgan fingerprint density at radius 2 is 1.65 bits per heavy atom. The van der Waals surface area contributed by atoms with Gasteiger partial charge in [-0.25, -0.2) is 0 Å². The Labute approximate surface area is 237 Å². The van der Waals surface area contributed by atoms with Gasteiger partial charge in [0.1, 0.15) is 0 Å². The molecule has 1 unspecified atom stereocenters. The maximum absolute atomic E-state index is 13.9. The Bertz CT molecular complexity index is 1340. The van der Waals surface area contributed by atoms with Crippen LogP contribution in [0.1, 0.15) is 77.5 Å². The minimum absolute atomic E-state index is 0.00205. The number of hydrogen-bond acceptors (Lipinski definition) is 5. The van der Waals surface area contributed by atoms with Crippen LogP contribution < -0.4 is 16.0 Å². The first kappa shape index (κ1) is 27.9. The van der Waals surface area contributed by atoms with Crippen LogP contribution in [0, 0.1) is 11.3 Å². The van der Waals surface area contributed by atoms with Crippen molar-refractivity contribution in [3.63, 3.8) is 0 Å². The van der Waals surface area contributed by atoms with E-state index in [0.29, 0.717) is 32.4 Å². The van der Waals surface area contributed by atoms with Gasteiger partial charge in [0, 0.05) is 36.7 Å². The molecular weight excluding hydrogens is 500 g/mol. The molecule has 212 valence electrons. The second kappa shape index (κ2) is 10.4. The Kier molecular flexibility index (Phi) is 7.28. The van der Waals surface area contributed by atoms with Crippen molar-refractivity contribution in [3.8, 4) is 0 Å². The summed E-state index contributed by atoms with van der Waals surface area (Å²) in [5.41, 5.74) is 11.1. The SMILES string of the molecule is CC1(C)CC(=O)C2=C(C1)Nc1ccccc1N(CC(=O)N1CCC(C(N)=O)CC1)C2c1ccc(C(C)(C)C)cc1. The Balaban J connectivity index is 1.59. The fourth-order valence-electron chi connectivity index (χ4n) is 6.40. The molecule has 0 bridgehead atoms. The van der Waals surface area contributed by atoms with Gasteiger partial charge in [-0.3, -0.25) is 14.4 Å². The van der Waals surface area contributed by atoms with Crippen LogP contribution in [0.25, 0.3) is 0 Å². The summed E-state index contributed by atoms with van der Waals surface area (Å²) in [4.78, 5) is 43.4. The Morgan fingerprint density at radius 3 is 2.27 bits per heavy atom. The van der Waals surface area contributed by atoms with Gasteiger partial charge >= 0.3 is 0 Å². The summed E-state index contributed by atoms with van der Waals surface area (Å²) in [6.45, 7) is 12.0. The number of carbonyl (C=O) groups is 3. The molecule has 7 heteroatoms. The number of nitrogens with one attached hydrogen (secondary N) is 1. The van der Waals surface area contributed by atoms with Crippen molar-refractivity contribution < 1.29 is 14.4 Å². The molecule has 5 rings (SSSR count). The number of ketones is 1. The van der Waals surface area contributed by atoms with Crippen LogP contribution >= 0.6 is 0 Å². The minimum Gasteiger partial charge on any atom is -0.369 e. The molecule has 0 aromatic heterocycles. The third-order valence-electron chi connectivity index (χ3n) is 8.65. The van der Waals surface area contributed by atoms with E-state index in [1.807, 2.05) is 29.2 Å². The fraction of sp³-hybridized carbons (Fsp3) is 0.485. The topological polar surface area (TPSA) is 95.7 Å². The van der Waals surface area contributed by atoms with Crippen molar-refractivity contribution in [2.45, 2.75) is 71.8 Å². The zero-order valence-electron chi connectivity index (χ0n) is 24.4. The van der Waals surface area contributed by atoms with Gasteiger partial charge in [-0.15, -0.1) is 0 Å². The van der Waals surface area contributed by atoms with Crippen LogP contribution in [-0.2, 0) is 19.8 Å². The van der Waals surface area contributed by atoms with E-state index in [4.69, 9.17) is 5.73 Å². The van der Waals surface area contributed by atoms with E-state index >= 15 is 0 Å². The van der Waals surface area contributed by atoms with E-state index < -0.39 is 6.04 Å². The molecule has 2 aromatic rings. The van der Waals surface area contributed by atoms with Crippen LogP contribution in [-0.4, -0.2) is 42.1 Å². The number of piperidine rings is 1. The highest BCUT2D eigenvalue weighted by Crippen LogP contribution is 2.48. The van der Waals surface area contributed by atoms with Crippen molar-refractivity contribution in [2.24, 2.45) is 17.1 Å². The van der Waals surface area contributed by atoms with Crippen molar-refractivity contribution >= 4 is 29.0 Å². The predicted octanol–water partition coefficient (Wildman–Crippen LogP) is 5.32. The van der Waals surface area contributed by atoms with Crippen LogP contribution in [0.5, 0.6) is 0 Å². The number of likely N-dealkylation sites (tertiary alicyclic amines) is 1. The zero-order chi connectivity index (χ0) is 28.8. The minimum atomic E-state index is -0.407. The molecule has 2 aliphatic heterocycles. The third-order valence-corrected chi connectivity index (χ3v) is 8.65. The molecule has 7 nitrogen and oxygen atoms in total. The van der Waals surface area contributed by atoms with Gasteiger partial charge in [0.25, 0.3) is 0 Å². The van der Waals surface area contributed by atoms with Gasteiger partial charge in [0.15, 0.2) is 5.78 Å². The lowest BCUT2D eigenvalue weighted by molar-refractivity contribution is -0.133. The summed E-state index contributed by atoms with van der Waals surface area (Å²) in [5.74, 6) is -0.369. The number of rotatable bonds is 4. The van der Waals surface area contributed by atoms with Crippen LogP contribution in [0.4, 0.5) is 11.4 Å². The number of Topliss-reactive ketones (excluding diaryl/α,β-unsaturated/α-hetero) is 1. The number of allylic oxidation sites excluding steroid dienone is 1. The quantitative estimate of drug-likeness (QED) is 0.545. The fourth-order valence-corrected chi connectivity index (χ4v) is 6.40. The number of fused-ring (bicyclic) bond motifs is 1. The number of carbonyl (C=O) groups excluding carboxylic acids is 3. The van der Waals surface area contributed by atoms with Gasteiger partial charge in [-0.05, 0) is 53.4 Å². The van der Waals surface area contributed by atoms with Crippen LogP contribution in [0.2, 0.25) is 0 Å². The first-order valence-corrected chi connectivity index (χ1v) is 14.4. The smallest absolute Gasteiger partial charge is 0.242 e. The molecule has 1 saturated heterocycles. The van der Waals surface area contributed by atoms with Gasteiger partial charge in [-0.1, -0.05) is 71.0 Å². The Morgan fingerprint density at radius 1 is 1.00 bits per heavy atom. The van der Waals surface area contributed by atoms with E-state index in [1.54, 1.807) is 0 Å². The molecule has 1 aliphatic carbocycles. The third kappa shape index (κ3) is 5.51. The Hall–Kier alpha value is -3.61.